The number of unbranched alkanes of at least 4 members (excludes halogenated alkanes) is 30. The van der Waals surface area contributed by atoms with Crippen molar-refractivity contribution < 1.29 is 0 Å². The number of rotatable bonds is 40. The van der Waals surface area contributed by atoms with Crippen molar-refractivity contribution in [2.24, 2.45) is 0 Å². The summed E-state index contributed by atoms with van der Waals surface area (Å²) in [7, 11) is 0. The topological polar surface area (TPSA) is 25.8 Å². The SMILES string of the molecule is CCCCCCCCCCCCCCCCCCSC1=C(SCCCCCCCCCCCCCCCCCC)SC(=C2Sc3c(-c4ccc(-c5ccccc5)cc4)nnc(-c4ccc(-c5ccccc5)cc4)c3S2)S1. The molecule has 0 radical (unpaired) electrons. The Bertz CT molecular complexity index is 2250. The molecule has 5 aromatic rings. The number of hydrogen-bond donors (Lipinski definition) is 0. The van der Waals surface area contributed by atoms with Gasteiger partial charge in [-0.2, -0.15) is 0 Å². The van der Waals surface area contributed by atoms with E-state index in [9.17, 15) is 0 Å². The van der Waals surface area contributed by atoms with E-state index in [1.165, 1.54) is 266 Å². The molecule has 0 fully saturated rings. The van der Waals surface area contributed by atoms with Crippen molar-refractivity contribution in [2.75, 3.05) is 11.5 Å². The van der Waals surface area contributed by atoms with Crippen LogP contribution in [0.5, 0.6) is 0 Å². The third-order valence-electron chi connectivity index (χ3n) is 15.0. The number of thioether (sulfide) groups is 6. The lowest BCUT2D eigenvalue weighted by molar-refractivity contribution is 0.532. The third kappa shape index (κ3) is 21.5. The lowest BCUT2D eigenvalue weighted by Crippen LogP contribution is -1.96. The molecule has 7 rings (SSSR count). The van der Waals surface area contributed by atoms with Gasteiger partial charge in [-0.1, -0.05) is 363 Å². The van der Waals surface area contributed by atoms with Crippen molar-refractivity contribution in [1.29, 1.82) is 0 Å². The highest BCUT2D eigenvalue weighted by Crippen LogP contribution is 2.66. The molecule has 2 aliphatic heterocycles. The molecule has 0 amide bonds. The van der Waals surface area contributed by atoms with Gasteiger partial charge in [-0.3, -0.25) is 0 Å². The van der Waals surface area contributed by atoms with Crippen LogP contribution in [0.1, 0.15) is 219 Å². The standard InChI is InChI=1S/C68H92N2S6/c1-3-5-7-9-11-13-15-17-19-21-23-25-27-29-31-39-53-71-65-66(72-54-40-32-30-28-26-24-22-20-18-16-14-12-10-8-6-4-2)76-68(75-65)67-73-63-61(59-49-45-57(46-50-59)55-41-35-33-36-42-55)69-70-62(64(63)74-67)60-51-47-58(48-52-60)56-43-37-34-38-44-56/h33-38,41-52H,3-32,39-40,53-54H2,1-2H3. The van der Waals surface area contributed by atoms with Crippen LogP contribution >= 0.6 is 70.6 Å². The molecule has 0 atom stereocenters. The average Bonchev–Trinajstić information content (AvgIpc) is 4.11. The fourth-order valence-corrected chi connectivity index (χ4v) is 19.3. The molecule has 4 aromatic carbocycles. The number of fused-ring (bicyclic) bond motifs is 1. The second-order valence-corrected chi connectivity index (χ2v) is 28.6. The largest absolute Gasteiger partial charge is 0.149 e. The molecule has 0 bridgehead atoms. The Morgan fingerprint density at radius 2 is 0.526 bits per heavy atom. The maximum Gasteiger partial charge on any atom is 0.108 e. The number of hydrogen-bond acceptors (Lipinski definition) is 8. The minimum absolute atomic E-state index is 0.976. The Morgan fingerprint density at radius 1 is 0.276 bits per heavy atom. The highest BCUT2D eigenvalue weighted by molar-refractivity contribution is 8.42. The molecular weight excluding hydrogens is 1040 g/mol. The van der Waals surface area contributed by atoms with Crippen LogP contribution in [0.4, 0.5) is 0 Å². The van der Waals surface area contributed by atoms with Gasteiger partial charge in [0, 0.05) is 11.1 Å². The predicted molar refractivity (Wildman–Crippen MR) is 349 cm³/mol. The summed E-state index contributed by atoms with van der Waals surface area (Å²) in [5.74, 6) is 2.43. The zero-order valence-electron chi connectivity index (χ0n) is 46.8. The zero-order chi connectivity index (χ0) is 52.5. The second-order valence-electron chi connectivity index (χ2n) is 21.3. The van der Waals surface area contributed by atoms with E-state index in [2.05, 4.69) is 147 Å². The molecule has 3 heterocycles. The highest BCUT2D eigenvalue weighted by atomic mass is 32.3. The monoisotopic (exact) mass is 1130 g/mol. The molecule has 76 heavy (non-hydrogen) atoms. The first-order chi connectivity index (χ1) is 37.7. The van der Waals surface area contributed by atoms with Crippen LogP contribution in [0.15, 0.2) is 136 Å². The number of benzene rings is 4. The third-order valence-corrected chi connectivity index (χ3v) is 23.8. The second kappa shape index (κ2) is 37.5. The van der Waals surface area contributed by atoms with Gasteiger partial charge in [-0.25, -0.2) is 0 Å². The summed E-state index contributed by atoms with van der Waals surface area (Å²) < 4.78 is 5.89. The van der Waals surface area contributed by atoms with E-state index in [1.54, 1.807) is 0 Å². The maximum atomic E-state index is 5.05. The van der Waals surface area contributed by atoms with E-state index >= 15 is 0 Å². The smallest absolute Gasteiger partial charge is 0.108 e. The van der Waals surface area contributed by atoms with Gasteiger partial charge in [0.25, 0.3) is 0 Å². The maximum absolute atomic E-state index is 5.05. The summed E-state index contributed by atoms with van der Waals surface area (Å²) in [5.41, 5.74) is 9.07. The lowest BCUT2D eigenvalue weighted by Gasteiger charge is -2.11. The fraction of sp³-hybridized carbons (Fsp3) is 0.529. The molecular formula is C68H92N2S6. The molecule has 2 aliphatic rings. The molecule has 0 unspecified atom stereocenters. The van der Waals surface area contributed by atoms with Gasteiger partial charge < -0.3 is 0 Å². The Labute approximate surface area is 488 Å². The first-order valence-corrected chi connectivity index (χ1v) is 35.6. The number of nitrogens with zero attached hydrogens (tertiary/aromatic N) is 2. The van der Waals surface area contributed by atoms with Crippen molar-refractivity contribution in [3.8, 4) is 44.8 Å². The van der Waals surface area contributed by atoms with Crippen LogP contribution < -0.4 is 0 Å². The van der Waals surface area contributed by atoms with Gasteiger partial charge in [0.05, 0.1) is 26.7 Å². The molecule has 0 saturated carbocycles. The van der Waals surface area contributed by atoms with E-state index in [1.807, 2.05) is 47.0 Å². The van der Waals surface area contributed by atoms with E-state index in [4.69, 9.17) is 10.2 Å². The summed E-state index contributed by atoms with van der Waals surface area (Å²) >= 11 is 12.2. The van der Waals surface area contributed by atoms with Gasteiger partial charge in [-0.15, -0.1) is 33.7 Å². The van der Waals surface area contributed by atoms with Crippen LogP contribution in [0.2, 0.25) is 0 Å². The Hall–Kier alpha value is -2.46. The lowest BCUT2D eigenvalue weighted by atomic mass is 10.0. The van der Waals surface area contributed by atoms with Crippen molar-refractivity contribution in [1.82, 2.24) is 10.2 Å². The van der Waals surface area contributed by atoms with E-state index in [0.29, 0.717) is 0 Å². The average molecular weight is 1130 g/mol. The Balaban J connectivity index is 0.939. The normalized spacial score (nSPS) is 13.4. The van der Waals surface area contributed by atoms with Gasteiger partial charge in [-0.05, 0) is 46.6 Å². The molecule has 0 aliphatic carbocycles. The molecule has 2 nitrogen and oxygen atoms in total. The highest BCUT2D eigenvalue weighted by Gasteiger charge is 2.33. The molecule has 0 spiro atoms. The first-order valence-electron chi connectivity index (χ1n) is 30.4. The summed E-state index contributed by atoms with van der Waals surface area (Å²) in [6.45, 7) is 4.62. The summed E-state index contributed by atoms with van der Waals surface area (Å²) in [6, 6.07) is 39.2. The predicted octanol–water partition coefficient (Wildman–Crippen LogP) is 25.1. The first kappa shape index (κ1) is 61.2. The Kier molecular flexibility index (Phi) is 30.2. The summed E-state index contributed by atoms with van der Waals surface area (Å²) in [5, 5.41) is 10.1. The van der Waals surface area contributed by atoms with Crippen molar-refractivity contribution in [2.45, 2.75) is 229 Å². The summed E-state index contributed by atoms with van der Waals surface area (Å²) in [4.78, 5) is 2.46. The zero-order valence-corrected chi connectivity index (χ0v) is 51.7. The van der Waals surface area contributed by atoms with E-state index in [0.717, 1.165) is 22.5 Å². The van der Waals surface area contributed by atoms with Crippen LogP contribution in [0.25, 0.3) is 44.8 Å². The number of aromatic nitrogens is 2. The minimum atomic E-state index is 0.976. The van der Waals surface area contributed by atoms with Gasteiger partial charge >= 0.3 is 0 Å². The van der Waals surface area contributed by atoms with Crippen LogP contribution in [-0.2, 0) is 0 Å². The van der Waals surface area contributed by atoms with Crippen LogP contribution in [0, 0.1) is 0 Å². The molecule has 0 N–H and O–H groups in total. The van der Waals surface area contributed by atoms with Crippen LogP contribution in [-0.4, -0.2) is 21.7 Å². The van der Waals surface area contributed by atoms with Crippen LogP contribution in [0.3, 0.4) is 0 Å². The molecule has 1 aromatic heterocycles. The van der Waals surface area contributed by atoms with Crippen molar-refractivity contribution in [3.05, 3.63) is 126 Å². The van der Waals surface area contributed by atoms with E-state index < -0.39 is 0 Å². The summed E-state index contributed by atoms with van der Waals surface area (Å²) in [6.07, 6.45) is 45.3. The molecule has 0 saturated heterocycles. The minimum Gasteiger partial charge on any atom is -0.149 e. The van der Waals surface area contributed by atoms with E-state index in [-0.39, 0.29) is 0 Å². The molecule has 8 heteroatoms. The fourth-order valence-electron chi connectivity index (χ4n) is 10.3. The van der Waals surface area contributed by atoms with Gasteiger partial charge in [0.15, 0.2) is 0 Å². The van der Waals surface area contributed by atoms with Gasteiger partial charge in [0.1, 0.15) is 11.4 Å². The quantitative estimate of drug-likeness (QED) is 0.0358. The van der Waals surface area contributed by atoms with Crippen molar-refractivity contribution >= 4 is 70.6 Å². The Morgan fingerprint density at radius 3 is 0.829 bits per heavy atom. The molecule has 410 valence electrons. The van der Waals surface area contributed by atoms with Gasteiger partial charge in [0.2, 0.25) is 0 Å². The van der Waals surface area contributed by atoms with Crippen molar-refractivity contribution in [3.63, 3.8) is 0 Å².